The van der Waals surface area contributed by atoms with Gasteiger partial charge in [0.2, 0.25) is 0 Å². The van der Waals surface area contributed by atoms with Gasteiger partial charge >= 0.3 is 0 Å². The molecular formula is C44H86O7. The lowest BCUT2D eigenvalue weighted by molar-refractivity contribution is -0.188. The van der Waals surface area contributed by atoms with Gasteiger partial charge in [0.15, 0.2) is 25.2 Å². The molecular weight excluding hydrogens is 640 g/mol. The highest BCUT2D eigenvalue weighted by Crippen LogP contribution is 2.16. The van der Waals surface area contributed by atoms with Crippen molar-refractivity contribution in [1.82, 2.24) is 0 Å². The van der Waals surface area contributed by atoms with Crippen LogP contribution >= 0.6 is 0 Å². The Bertz CT molecular complexity index is 646. The molecule has 0 radical (unpaired) electrons. The van der Waals surface area contributed by atoms with E-state index in [1.54, 1.807) is 14.2 Å². The molecule has 0 aromatic carbocycles. The third-order valence-electron chi connectivity index (χ3n) is 9.35. The highest BCUT2D eigenvalue weighted by Gasteiger charge is 2.11. The van der Waals surface area contributed by atoms with Crippen molar-refractivity contribution in [1.29, 1.82) is 0 Å². The topological polar surface area (TPSA) is 64.6 Å². The molecule has 0 heterocycles. The number of ether oxygens (including phenoxy) is 7. The molecule has 0 N–H and O–H groups in total. The van der Waals surface area contributed by atoms with Crippen LogP contribution in [0.5, 0.6) is 0 Å². The molecule has 0 rings (SSSR count). The van der Waals surface area contributed by atoms with E-state index in [1.807, 2.05) is 39.8 Å². The quantitative estimate of drug-likeness (QED) is 0.0352. The van der Waals surface area contributed by atoms with Crippen molar-refractivity contribution in [2.24, 2.45) is 0 Å². The van der Waals surface area contributed by atoms with Crippen molar-refractivity contribution in [2.75, 3.05) is 40.6 Å². The number of rotatable bonds is 42. The van der Waals surface area contributed by atoms with Crippen LogP contribution in [0.2, 0.25) is 0 Å². The third kappa shape index (κ3) is 36.0. The van der Waals surface area contributed by atoms with Crippen molar-refractivity contribution in [3.05, 3.63) is 24.3 Å². The molecule has 2 unspecified atom stereocenters. The Balaban J connectivity index is 3.69. The molecule has 0 aliphatic carbocycles. The molecule has 0 bridgehead atoms. The second-order valence-corrected chi connectivity index (χ2v) is 13.8. The SMILES string of the molecule is CCOC(CCCCCCCCCCCCCC=CC(OC)OC(C=CCCCCCCCCCCCCCC(OCC)OCC)OC)OCC. The minimum absolute atomic E-state index is 0.00470. The highest BCUT2D eigenvalue weighted by molar-refractivity contribution is 4.89. The van der Waals surface area contributed by atoms with Crippen molar-refractivity contribution in [3.8, 4) is 0 Å². The summed E-state index contributed by atoms with van der Waals surface area (Å²) in [5.41, 5.74) is 0. The molecule has 0 aliphatic rings. The van der Waals surface area contributed by atoms with E-state index < -0.39 is 0 Å². The van der Waals surface area contributed by atoms with Crippen LogP contribution in [0.1, 0.15) is 195 Å². The van der Waals surface area contributed by atoms with Gasteiger partial charge in [-0.3, -0.25) is 0 Å². The molecule has 2 atom stereocenters. The Morgan fingerprint density at radius 2 is 0.608 bits per heavy atom. The Kier molecular flexibility index (Phi) is 41.3. The Morgan fingerprint density at radius 1 is 0.353 bits per heavy atom. The van der Waals surface area contributed by atoms with Crippen LogP contribution in [0.4, 0.5) is 0 Å². The maximum Gasteiger partial charge on any atom is 0.179 e. The van der Waals surface area contributed by atoms with Crippen LogP contribution in [0, 0.1) is 0 Å². The molecule has 0 aromatic rings. The lowest BCUT2D eigenvalue weighted by Crippen LogP contribution is -2.22. The summed E-state index contributed by atoms with van der Waals surface area (Å²) in [5, 5.41) is 0. The normalized spacial score (nSPS) is 13.5. The summed E-state index contributed by atoms with van der Waals surface area (Å²) in [6, 6.07) is 0. The van der Waals surface area contributed by atoms with Gasteiger partial charge in [-0.2, -0.15) is 0 Å². The Hall–Kier alpha value is -0.800. The Morgan fingerprint density at radius 3 is 0.863 bits per heavy atom. The minimum atomic E-state index is -0.386. The summed E-state index contributed by atoms with van der Waals surface area (Å²) in [6.07, 6.45) is 40.8. The summed E-state index contributed by atoms with van der Waals surface area (Å²) in [5.74, 6) is 0. The maximum absolute atomic E-state index is 6.00. The van der Waals surface area contributed by atoms with Gasteiger partial charge in [0.05, 0.1) is 0 Å². The Labute approximate surface area is 317 Å². The summed E-state index contributed by atoms with van der Waals surface area (Å²) in [4.78, 5) is 0. The molecule has 0 saturated carbocycles. The first-order chi connectivity index (χ1) is 25.1. The van der Waals surface area contributed by atoms with Crippen molar-refractivity contribution in [3.63, 3.8) is 0 Å². The molecule has 0 saturated heterocycles. The first-order valence-corrected chi connectivity index (χ1v) is 21.7. The van der Waals surface area contributed by atoms with Gasteiger partial charge in [-0.25, -0.2) is 0 Å². The van der Waals surface area contributed by atoms with Gasteiger partial charge in [-0.15, -0.1) is 0 Å². The van der Waals surface area contributed by atoms with E-state index in [1.165, 1.54) is 141 Å². The van der Waals surface area contributed by atoms with E-state index in [-0.39, 0.29) is 25.2 Å². The van der Waals surface area contributed by atoms with Crippen LogP contribution in [0.25, 0.3) is 0 Å². The smallest absolute Gasteiger partial charge is 0.179 e. The predicted molar refractivity (Wildman–Crippen MR) is 215 cm³/mol. The lowest BCUT2D eigenvalue weighted by atomic mass is 10.0. The van der Waals surface area contributed by atoms with Crippen LogP contribution in [-0.2, 0) is 33.2 Å². The largest absolute Gasteiger partial charge is 0.353 e. The first kappa shape index (κ1) is 50.2. The van der Waals surface area contributed by atoms with Gasteiger partial charge in [0.25, 0.3) is 0 Å². The maximum atomic E-state index is 6.00. The monoisotopic (exact) mass is 727 g/mol. The van der Waals surface area contributed by atoms with Crippen LogP contribution in [-0.4, -0.2) is 65.8 Å². The zero-order chi connectivity index (χ0) is 37.3. The summed E-state index contributed by atoms with van der Waals surface area (Å²) < 4.78 is 39.6. The van der Waals surface area contributed by atoms with E-state index >= 15 is 0 Å². The average molecular weight is 727 g/mol. The molecule has 7 nitrogen and oxygen atoms in total. The van der Waals surface area contributed by atoms with E-state index in [0.29, 0.717) is 0 Å². The number of methoxy groups -OCH3 is 2. The van der Waals surface area contributed by atoms with E-state index in [4.69, 9.17) is 33.2 Å². The average Bonchev–Trinajstić information content (AvgIpc) is 3.13. The molecule has 0 aromatic heterocycles. The van der Waals surface area contributed by atoms with Gasteiger partial charge in [-0.1, -0.05) is 128 Å². The van der Waals surface area contributed by atoms with E-state index in [2.05, 4.69) is 12.2 Å². The van der Waals surface area contributed by atoms with Gasteiger partial charge < -0.3 is 33.2 Å². The van der Waals surface area contributed by atoms with E-state index in [9.17, 15) is 0 Å². The van der Waals surface area contributed by atoms with Crippen molar-refractivity contribution in [2.45, 2.75) is 220 Å². The molecule has 0 fully saturated rings. The van der Waals surface area contributed by atoms with E-state index in [0.717, 1.165) is 52.1 Å². The summed E-state index contributed by atoms with van der Waals surface area (Å²) >= 11 is 0. The molecule has 0 aliphatic heterocycles. The third-order valence-corrected chi connectivity index (χ3v) is 9.35. The lowest BCUT2D eigenvalue weighted by Gasteiger charge is -2.18. The number of allylic oxidation sites excluding steroid dienone is 2. The number of hydrogen-bond acceptors (Lipinski definition) is 7. The highest BCUT2D eigenvalue weighted by atomic mass is 16.8. The van der Waals surface area contributed by atoms with Crippen LogP contribution < -0.4 is 0 Å². The standard InChI is InChI=1S/C44H86O7/c1-7-47-43(48-8-2)39-35-31-27-23-19-15-11-13-17-21-25-29-33-37-41(45-5)51-42(46-6)38-34-30-26-22-18-14-12-16-20-24-28-32-36-40-44(49-9-3)50-10-4/h33-34,37-38,41-44H,7-32,35-36,39-40H2,1-6H3. The zero-order valence-corrected chi connectivity index (χ0v) is 34.7. The molecule has 51 heavy (non-hydrogen) atoms. The van der Waals surface area contributed by atoms with Gasteiger partial charge in [0.1, 0.15) is 0 Å². The molecule has 0 amide bonds. The van der Waals surface area contributed by atoms with Gasteiger partial charge in [-0.05, 0) is 91.2 Å². The molecule has 7 heteroatoms. The predicted octanol–water partition coefficient (Wildman–Crippen LogP) is 13.0. The number of unbranched alkanes of at least 4 members (excludes halogenated alkanes) is 22. The fourth-order valence-electron chi connectivity index (χ4n) is 6.41. The summed E-state index contributed by atoms with van der Waals surface area (Å²) in [7, 11) is 3.38. The van der Waals surface area contributed by atoms with Crippen molar-refractivity contribution >= 4 is 0 Å². The fraction of sp³-hybridized carbons (Fsp3) is 0.909. The van der Waals surface area contributed by atoms with Crippen molar-refractivity contribution < 1.29 is 33.2 Å². The zero-order valence-electron chi connectivity index (χ0n) is 34.7. The summed E-state index contributed by atoms with van der Waals surface area (Å²) in [6.45, 7) is 11.1. The molecule has 0 spiro atoms. The minimum Gasteiger partial charge on any atom is -0.353 e. The molecule has 304 valence electrons. The van der Waals surface area contributed by atoms with Crippen LogP contribution in [0.15, 0.2) is 24.3 Å². The number of hydrogen-bond donors (Lipinski definition) is 0. The van der Waals surface area contributed by atoms with Crippen LogP contribution in [0.3, 0.4) is 0 Å². The first-order valence-electron chi connectivity index (χ1n) is 21.7. The van der Waals surface area contributed by atoms with Gasteiger partial charge in [0, 0.05) is 40.6 Å². The second-order valence-electron chi connectivity index (χ2n) is 13.8. The fourth-order valence-corrected chi connectivity index (χ4v) is 6.41. The second kappa shape index (κ2) is 41.9.